The van der Waals surface area contributed by atoms with Gasteiger partial charge in [-0.05, 0) is 35.7 Å². The Balaban J connectivity index is 1.95. The molecule has 126 valence electrons. The van der Waals surface area contributed by atoms with Crippen LogP contribution in [0.5, 0.6) is 0 Å². The Morgan fingerprint density at radius 1 is 1.08 bits per heavy atom. The first-order chi connectivity index (χ1) is 11.9. The number of aromatic nitrogens is 3. The van der Waals surface area contributed by atoms with Gasteiger partial charge in [0.2, 0.25) is 5.56 Å². The number of nitrogens with one attached hydrogen (secondary N) is 1. The van der Waals surface area contributed by atoms with Crippen LogP contribution in [0, 0.1) is 0 Å². The highest BCUT2D eigenvalue weighted by Crippen LogP contribution is 2.28. The van der Waals surface area contributed by atoms with Gasteiger partial charge in [-0.2, -0.15) is 0 Å². The summed E-state index contributed by atoms with van der Waals surface area (Å²) >= 11 is 0. The second-order valence-corrected chi connectivity index (χ2v) is 7.41. The lowest BCUT2D eigenvalue weighted by molar-refractivity contribution is -0.884. The molecule has 0 atom stereocenters. The van der Waals surface area contributed by atoms with E-state index in [4.69, 9.17) is 4.98 Å². The average Bonchev–Trinajstić information content (AvgIpc) is 2.91. The van der Waals surface area contributed by atoms with Gasteiger partial charge in [0.05, 0.1) is 26.8 Å². The molecule has 0 unspecified atom stereocenters. The van der Waals surface area contributed by atoms with Crippen LogP contribution in [0.4, 0.5) is 0 Å². The van der Waals surface area contributed by atoms with Crippen molar-refractivity contribution in [3.63, 3.8) is 0 Å². The van der Waals surface area contributed by atoms with Gasteiger partial charge in [0.1, 0.15) is 17.9 Å². The van der Waals surface area contributed by atoms with Crippen molar-refractivity contribution in [1.29, 1.82) is 0 Å². The van der Waals surface area contributed by atoms with Crippen molar-refractivity contribution in [1.82, 2.24) is 14.4 Å². The summed E-state index contributed by atoms with van der Waals surface area (Å²) in [5.41, 5.74) is 4.94. The van der Waals surface area contributed by atoms with Gasteiger partial charge in [0.15, 0.2) is 0 Å². The van der Waals surface area contributed by atoms with Gasteiger partial charge < -0.3 is 9.47 Å². The molecule has 0 radical (unpaired) electrons. The lowest BCUT2D eigenvalue weighted by Crippen LogP contribution is -2.34. The first kappa shape index (κ1) is 15.6. The number of hydrogen-bond acceptors (Lipinski definition) is 2. The molecule has 5 nitrogen and oxygen atoms in total. The summed E-state index contributed by atoms with van der Waals surface area (Å²) in [7, 11) is 6.53. The van der Waals surface area contributed by atoms with Crippen molar-refractivity contribution in [2.45, 2.75) is 6.54 Å². The first-order valence-corrected chi connectivity index (χ1v) is 8.31. The predicted molar refractivity (Wildman–Crippen MR) is 100 cm³/mol. The maximum absolute atomic E-state index is 11.5. The van der Waals surface area contributed by atoms with Crippen LogP contribution in [0.3, 0.4) is 0 Å². The number of fused-ring (bicyclic) bond motifs is 2. The maximum atomic E-state index is 11.5. The molecule has 1 aromatic carbocycles. The van der Waals surface area contributed by atoms with E-state index >= 15 is 0 Å². The summed E-state index contributed by atoms with van der Waals surface area (Å²) in [4.78, 5) is 19.2. The van der Waals surface area contributed by atoms with E-state index in [1.54, 1.807) is 6.07 Å². The number of quaternary nitrogens is 1. The van der Waals surface area contributed by atoms with E-state index in [2.05, 4.69) is 42.8 Å². The fourth-order valence-electron chi connectivity index (χ4n) is 3.18. The van der Waals surface area contributed by atoms with E-state index in [0.717, 1.165) is 38.8 Å². The summed E-state index contributed by atoms with van der Waals surface area (Å²) < 4.78 is 2.98. The minimum Gasteiger partial charge on any atom is -0.326 e. The summed E-state index contributed by atoms with van der Waals surface area (Å²) in [5, 5.41) is 1.00. The van der Waals surface area contributed by atoms with Crippen LogP contribution in [0.1, 0.15) is 5.69 Å². The monoisotopic (exact) mass is 333 g/mol. The molecule has 0 spiro atoms. The fourth-order valence-corrected chi connectivity index (χ4v) is 3.18. The van der Waals surface area contributed by atoms with E-state index in [9.17, 15) is 4.79 Å². The van der Waals surface area contributed by atoms with Crippen molar-refractivity contribution in [2.24, 2.45) is 0 Å². The molecule has 25 heavy (non-hydrogen) atoms. The van der Waals surface area contributed by atoms with E-state index in [1.807, 2.05) is 36.4 Å². The number of hydrogen-bond donors (Lipinski definition) is 1. The molecule has 0 bridgehead atoms. The molecule has 1 N–H and O–H groups in total. The molecule has 0 aliphatic heterocycles. The van der Waals surface area contributed by atoms with Crippen LogP contribution in [-0.4, -0.2) is 40.0 Å². The third kappa shape index (κ3) is 2.94. The maximum Gasteiger partial charge on any atom is 0.248 e. The fraction of sp³-hybridized carbons (Fsp3) is 0.200. The highest BCUT2D eigenvalue weighted by atomic mass is 16.1. The molecule has 0 aliphatic rings. The van der Waals surface area contributed by atoms with Crippen LogP contribution < -0.4 is 5.56 Å². The van der Waals surface area contributed by atoms with Crippen LogP contribution in [0.25, 0.3) is 27.8 Å². The largest absolute Gasteiger partial charge is 0.326 e. The van der Waals surface area contributed by atoms with Gasteiger partial charge in [-0.3, -0.25) is 9.20 Å². The predicted octanol–water partition coefficient (Wildman–Crippen LogP) is 3.05. The molecule has 0 saturated carbocycles. The smallest absolute Gasteiger partial charge is 0.248 e. The average molecular weight is 333 g/mol. The van der Waals surface area contributed by atoms with E-state index in [0.29, 0.717) is 0 Å². The number of H-pyrrole nitrogens is 1. The molecule has 4 aromatic rings. The number of aromatic amines is 1. The highest BCUT2D eigenvalue weighted by Gasteiger charge is 2.20. The molecule has 0 saturated heterocycles. The molecule has 3 heterocycles. The Hall–Kier alpha value is -2.92. The second kappa shape index (κ2) is 5.57. The van der Waals surface area contributed by atoms with Gasteiger partial charge in [-0.15, -0.1) is 0 Å². The Morgan fingerprint density at radius 2 is 1.92 bits per heavy atom. The molecule has 5 heteroatoms. The zero-order valence-corrected chi connectivity index (χ0v) is 14.7. The lowest BCUT2D eigenvalue weighted by atomic mass is 10.1. The zero-order chi connectivity index (χ0) is 17.6. The highest BCUT2D eigenvalue weighted by molar-refractivity contribution is 5.84. The van der Waals surface area contributed by atoms with Crippen molar-refractivity contribution in [2.75, 3.05) is 21.1 Å². The van der Waals surface area contributed by atoms with Gasteiger partial charge in [0.25, 0.3) is 0 Å². The minimum absolute atomic E-state index is 0.0845. The summed E-state index contributed by atoms with van der Waals surface area (Å²) in [6.07, 6.45) is 2.06. The Morgan fingerprint density at radius 3 is 2.72 bits per heavy atom. The van der Waals surface area contributed by atoms with Gasteiger partial charge in [-0.1, -0.05) is 12.1 Å². The van der Waals surface area contributed by atoms with Crippen molar-refractivity contribution >= 4 is 16.6 Å². The molecular formula is C20H21N4O+. The third-order valence-corrected chi connectivity index (χ3v) is 4.25. The van der Waals surface area contributed by atoms with Gasteiger partial charge in [0, 0.05) is 23.3 Å². The van der Waals surface area contributed by atoms with Gasteiger partial charge in [-0.25, -0.2) is 4.98 Å². The number of nitrogens with zero attached hydrogens (tertiary/aromatic N) is 3. The Kier molecular flexibility index (Phi) is 3.47. The lowest BCUT2D eigenvalue weighted by Gasteiger charge is -2.24. The topological polar surface area (TPSA) is 50.2 Å². The molecule has 4 rings (SSSR count). The van der Waals surface area contributed by atoms with Crippen molar-refractivity contribution in [3.05, 3.63) is 70.8 Å². The number of imidazole rings is 1. The van der Waals surface area contributed by atoms with Crippen LogP contribution in [0.15, 0.2) is 59.5 Å². The summed E-state index contributed by atoms with van der Waals surface area (Å²) in [6.45, 7) is 0.865. The molecule has 0 fully saturated rings. The Bertz CT molecular complexity index is 1130. The SMILES string of the molecule is C[N+](C)(C)Cc1c(-c2ccc3[nH]c(=O)ccc3c2)nc2ccccn12. The van der Waals surface area contributed by atoms with E-state index < -0.39 is 0 Å². The Labute approximate surface area is 145 Å². The van der Waals surface area contributed by atoms with Crippen LogP contribution >= 0.6 is 0 Å². The van der Waals surface area contributed by atoms with Crippen LogP contribution in [0.2, 0.25) is 0 Å². The number of pyridine rings is 2. The standard InChI is InChI=1S/C20H20N4O/c1-24(2,3)13-17-20(22-18-6-4-5-11-23(17)18)15-7-9-16-14(12-15)8-10-19(25)21-16/h4-12H,13H2,1-3H3/p+1. The third-order valence-electron chi connectivity index (χ3n) is 4.25. The van der Waals surface area contributed by atoms with Gasteiger partial charge >= 0.3 is 0 Å². The quantitative estimate of drug-likeness (QED) is 0.586. The zero-order valence-electron chi connectivity index (χ0n) is 14.7. The number of benzene rings is 1. The summed E-state index contributed by atoms with van der Waals surface area (Å²) in [6, 6.07) is 15.5. The normalized spacial score (nSPS) is 12.1. The molecule has 0 amide bonds. The first-order valence-electron chi connectivity index (χ1n) is 8.31. The van der Waals surface area contributed by atoms with Crippen molar-refractivity contribution in [3.8, 4) is 11.3 Å². The number of rotatable bonds is 3. The van der Waals surface area contributed by atoms with E-state index in [1.165, 1.54) is 5.69 Å². The van der Waals surface area contributed by atoms with Crippen molar-refractivity contribution < 1.29 is 4.48 Å². The summed E-state index contributed by atoms with van der Waals surface area (Å²) in [5.74, 6) is 0. The van der Waals surface area contributed by atoms with E-state index in [-0.39, 0.29) is 5.56 Å². The molecule has 0 aliphatic carbocycles. The van der Waals surface area contributed by atoms with Crippen LogP contribution in [-0.2, 0) is 6.54 Å². The molecule has 3 aromatic heterocycles. The molecular weight excluding hydrogens is 312 g/mol. The minimum atomic E-state index is -0.0845. The second-order valence-electron chi connectivity index (χ2n) is 7.41.